The Morgan fingerprint density at radius 3 is 0.833 bits per heavy atom. The van der Waals surface area contributed by atoms with Gasteiger partial charge in [0.05, 0.1) is 0 Å². The molecule has 0 aromatic carbocycles. The number of rotatable bonds is 0. The second-order valence-corrected chi connectivity index (χ2v) is 25.9. The first kappa shape index (κ1) is 11.1. The molecule has 0 unspecified atom stereocenters. The fraction of sp³-hybridized carbons (Fsp3) is 0. The zero-order valence-corrected chi connectivity index (χ0v) is 9.11. The minimum atomic E-state index is -3.29. The van der Waals surface area contributed by atoms with Gasteiger partial charge in [-0.25, -0.2) is 0 Å². The van der Waals surface area contributed by atoms with Crippen LogP contribution in [0.3, 0.4) is 0 Å². The second-order valence-electron chi connectivity index (χ2n) is 0.429. The Bertz CT molecular complexity index is 19.4. The third-order valence-corrected chi connectivity index (χ3v) is 0. The third kappa shape index (κ3) is 34.0. The Hall–Kier alpha value is 2.25. The fourth-order valence-electron chi connectivity index (χ4n) is 0. The Balaban J connectivity index is 0. The Morgan fingerprint density at radius 1 is 0.833 bits per heavy atom. The van der Waals surface area contributed by atoms with Gasteiger partial charge < -0.3 is 0 Å². The first-order valence-electron chi connectivity index (χ1n) is 0.756. The van der Waals surface area contributed by atoms with Gasteiger partial charge in [-0.2, -0.15) is 0 Å². The molecule has 6 heteroatoms. The second kappa shape index (κ2) is 4.16. The van der Waals surface area contributed by atoms with E-state index in [-0.39, 0.29) is 12.4 Å². The molecular weight excluding hydrogens is 296 g/mol. The van der Waals surface area contributed by atoms with E-state index in [4.69, 9.17) is 35.7 Å². The molecule has 0 fully saturated rings. The van der Waals surface area contributed by atoms with Crippen LogP contribution in [0, 0.1) is 0 Å². The molecule has 40 valence electrons. The molecule has 0 aliphatic rings. The molecule has 6 heavy (non-hydrogen) atoms. The monoisotopic (exact) mass is 296 g/mol. The van der Waals surface area contributed by atoms with Crippen molar-refractivity contribution in [1.82, 2.24) is 0 Å². The van der Waals surface area contributed by atoms with Gasteiger partial charge in [0.2, 0.25) is 0 Å². The number of hydrogen-bond donors (Lipinski definition) is 0. The van der Waals surface area contributed by atoms with E-state index in [9.17, 15) is 0 Å². The van der Waals surface area contributed by atoms with Crippen LogP contribution in [0.1, 0.15) is 0 Å². The predicted octanol–water partition coefficient (Wildman–Crippen LogP) is 2.80. The van der Waals surface area contributed by atoms with E-state index < -0.39 is 13.9 Å². The molecule has 0 aliphatic heterocycles. The molecular formula is HCl5Sn. The maximum atomic E-state index is 5.04. The van der Waals surface area contributed by atoms with Crippen molar-refractivity contribution in [2.45, 2.75) is 0 Å². The summed E-state index contributed by atoms with van der Waals surface area (Å²) < 4.78 is 0. The summed E-state index contributed by atoms with van der Waals surface area (Å²) >= 11 is -3.29. The van der Waals surface area contributed by atoms with Crippen LogP contribution in [0.2, 0.25) is 0 Å². The maximum absolute atomic E-state index is 5.04. The summed E-state index contributed by atoms with van der Waals surface area (Å²) in [7, 11) is 20.1. The molecule has 0 atom stereocenters. The van der Waals surface area contributed by atoms with Crippen LogP contribution in [0.5, 0.6) is 0 Å². The Kier molecular flexibility index (Phi) is 7.70. The quantitative estimate of drug-likeness (QED) is 0.603. The van der Waals surface area contributed by atoms with Crippen molar-refractivity contribution in [2.24, 2.45) is 0 Å². The van der Waals surface area contributed by atoms with E-state index in [2.05, 4.69) is 0 Å². The van der Waals surface area contributed by atoms with Crippen molar-refractivity contribution < 1.29 is 0 Å². The van der Waals surface area contributed by atoms with E-state index in [0.29, 0.717) is 0 Å². The first-order chi connectivity index (χ1) is 2.00. The normalized spacial score (nSPS) is 10.0. The van der Waals surface area contributed by atoms with Gasteiger partial charge in [0.25, 0.3) is 0 Å². The van der Waals surface area contributed by atoms with Crippen LogP contribution in [0.4, 0.5) is 0 Å². The molecule has 0 aliphatic carbocycles. The van der Waals surface area contributed by atoms with Gasteiger partial charge >= 0.3 is 49.6 Å². The van der Waals surface area contributed by atoms with Gasteiger partial charge in [0.1, 0.15) is 0 Å². The first-order valence-corrected chi connectivity index (χ1v) is 15.2. The predicted molar refractivity (Wildman–Crippen MR) is 36.4 cm³/mol. The van der Waals surface area contributed by atoms with E-state index in [1.807, 2.05) is 0 Å². The molecule has 0 N–H and O–H groups in total. The van der Waals surface area contributed by atoms with E-state index >= 15 is 0 Å². The molecule has 0 spiro atoms. The molecule has 0 bridgehead atoms. The Morgan fingerprint density at radius 2 is 0.833 bits per heavy atom. The summed E-state index contributed by atoms with van der Waals surface area (Å²) in [5, 5.41) is 0. The number of hydrogen-bond acceptors (Lipinski definition) is 0. The molecule has 0 aromatic rings. The zero-order valence-electron chi connectivity index (χ0n) is 2.42. The van der Waals surface area contributed by atoms with Gasteiger partial charge in [-0.3, -0.25) is 0 Å². The summed E-state index contributed by atoms with van der Waals surface area (Å²) in [5.74, 6) is 0. The van der Waals surface area contributed by atoms with Crippen molar-refractivity contribution in [3.8, 4) is 0 Å². The zero-order chi connectivity index (χ0) is 4.50. The van der Waals surface area contributed by atoms with Crippen LogP contribution in [0.15, 0.2) is 0 Å². The van der Waals surface area contributed by atoms with Crippen molar-refractivity contribution >= 4 is 62.0 Å². The van der Waals surface area contributed by atoms with Crippen LogP contribution in [-0.4, -0.2) is 13.9 Å². The molecule has 0 aromatic heterocycles. The van der Waals surface area contributed by atoms with Gasteiger partial charge in [-0.15, -0.1) is 12.4 Å². The average molecular weight is 297 g/mol. The topological polar surface area (TPSA) is 0 Å². The molecule has 0 saturated heterocycles. The molecule has 0 radical (unpaired) electrons. The van der Waals surface area contributed by atoms with Gasteiger partial charge in [0, 0.05) is 0 Å². The number of halogens is 5. The van der Waals surface area contributed by atoms with Crippen molar-refractivity contribution in [2.75, 3.05) is 0 Å². The SMILES string of the molecule is Cl.[Cl][Sn]([Cl])([Cl])[Cl]. The van der Waals surface area contributed by atoms with E-state index in [0.717, 1.165) is 0 Å². The van der Waals surface area contributed by atoms with Crippen molar-refractivity contribution in [3.05, 3.63) is 0 Å². The van der Waals surface area contributed by atoms with Gasteiger partial charge in [0.15, 0.2) is 0 Å². The fourth-order valence-corrected chi connectivity index (χ4v) is 0. The summed E-state index contributed by atoms with van der Waals surface area (Å²) in [6.45, 7) is 0. The summed E-state index contributed by atoms with van der Waals surface area (Å²) in [4.78, 5) is 0. The van der Waals surface area contributed by atoms with Crippen LogP contribution in [-0.2, 0) is 0 Å². The third-order valence-electron chi connectivity index (χ3n) is 0. The van der Waals surface area contributed by atoms with Crippen LogP contribution in [0.25, 0.3) is 0 Å². The summed E-state index contributed by atoms with van der Waals surface area (Å²) in [6.07, 6.45) is 0. The summed E-state index contributed by atoms with van der Waals surface area (Å²) in [6, 6.07) is 0. The molecule has 0 heterocycles. The van der Waals surface area contributed by atoms with Gasteiger partial charge in [-0.1, -0.05) is 0 Å². The van der Waals surface area contributed by atoms with E-state index in [1.54, 1.807) is 0 Å². The van der Waals surface area contributed by atoms with Crippen LogP contribution >= 0.6 is 48.1 Å². The Labute approximate surface area is 61.2 Å². The van der Waals surface area contributed by atoms with Gasteiger partial charge in [-0.05, 0) is 0 Å². The minimum absolute atomic E-state index is 0. The molecule has 0 saturated carbocycles. The molecule has 0 nitrogen and oxygen atoms in total. The van der Waals surface area contributed by atoms with E-state index in [1.165, 1.54) is 0 Å². The van der Waals surface area contributed by atoms with Crippen molar-refractivity contribution in [1.29, 1.82) is 0 Å². The molecule has 0 rings (SSSR count). The van der Waals surface area contributed by atoms with Crippen LogP contribution < -0.4 is 0 Å². The average Bonchev–Trinajstić information content (AvgIpc) is 0.722. The molecule has 0 amide bonds. The summed E-state index contributed by atoms with van der Waals surface area (Å²) in [5.41, 5.74) is 0. The van der Waals surface area contributed by atoms with Crippen molar-refractivity contribution in [3.63, 3.8) is 0 Å². The standard InChI is InChI=1S/5ClH.Sn/h5*1H;/q;;;;;+4/p-4.